The predicted molar refractivity (Wildman–Crippen MR) is 94.5 cm³/mol. The van der Waals surface area contributed by atoms with E-state index in [4.69, 9.17) is 11.6 Å². The highest BCUT2D eigenvalue weighted by atomic mass is 35.5. The average Bonchev–Trinajstić information content (AvgIpc) is 2.59. The first-order chi connectivity index (χ1) is 11.3. The Kier molecular flexibility index (Phi) is 4.37. The second-order valence-corrected chi connectivity index (χ2v) is 7.35. The number of fused-ring (bicyclic) bond motifs is 1. The molecule has 1 N–H and O–H groups in total. The number of nitrogens with zero attached hydrogens (tertiary/aromatic N) is 1. The summed E-state index contributed by atoms with van der Waals surface area (Å²) in [7, 11) is 0. The summed E-state index contributed by atoms with van der Waals surface area (Å²) in [6.45, 7) is 0.860. The minimum absolute atomic E-state index is 0.573. The van der Waals surface area contributed by atoms with Gasteiger partial charge in [-0.2, -0.15) is 0 Å². The lowest BCUT2D eigenvalue weighted by molar-refractivity contribution is 0.0252. The van der Waals surface area contributed by atoms with E-state index in [-0.39, 0.29) is 0 Å². The highest BCUT2D eigenvalue weighted by Gasteiger charge is 2.50. The summed E-state index contributed by atoms with van der Waals surface area (Å²) in [5.41, 5.74) is 2.57. The lowest BCUT2D eigenvalue weighted by atomic mass is 9.53. The zero-order valence-corrected chi connectivity index (χ0v) is 14.0. The van der Waals surface area contributed by atoms with Gasteiger partial charge in [-0.1, -0.05) is 42.6 Å². The van der Waals surface area contributed by atoms with Crippen LogP contribution in [0.5, 0.6) is 0 Å². The second-order valence-electron chi connectivity index (χ2n) is 6.92. The fraction of sp³-hybridized carbons (Fsp3) is 0.450. The molecule has 4 rings (SSSR count). The number of halogens is 1. The van der Waals surface area contributed by atoms with Gasteiger partial charge in [0.05, 0.1) is 5.69 Å². The van der Waals surface area contributed by atoms with Crippen molar-refractivity contribution >= 4 is 11.6 Å². The summed E-state index contributed by atoms with van der Waals surface area (Å²) in [6.07, 6.45) is 7.39. The van der Waals surface area contributed by atoms with Crippen LogP contribution < -0.4 is 5.32 Å². The topological polar surface area (TPSA) is 24.9 Å². The Balaban J connectivity index is 1.51. The van der Waals surface area contributed by atoms with Crippen molar-refractivity contribution in [1.29, 1.82) is 0 Å². The molecule has 2 fully saturated rings. The minimum atomic E-state index is 0.573. The van der Waals surface area contributed by atoms with Crippen LogP contribution in [0.1, 0.15) is 42.9 Å². The van der Waals surface area contributed by atoms with Crippen molar-refractivity contribution in [2.45, 2.75) is 44.2 Å². The number of aromatic nitrogens is 1. The number of hydrogen-bond donors (Lipinski definition) is 1. The first kappa shape index (κ1) is 15.2. The maximum absolute atomic E-state index is 6.07. The quantitative estimate of drug-likeness (QED) is 0.873. The molecule has 2 saturated carbocycles. The van der Waals surface area contributed by atoms with Crippen molar-refractivity contribution in [3.8, 4) is 0 Å². The molecule has 0 amide bonds. The number of nitrogens with one attached hydrogen (secondary N) is 1. The van der Waals surface area contributed by atoms with Gasteiger partial charge in [0.2, 0.25) is 0 Å². The highest BCUT2D eigenvalue weighted by molar-refractivity contribution is 6.30. The van der Waals surface area contributed by atoms with Gasteiger partial charge in [-0.05, 0) is 54.5 Å². The molecule has 1 aromatic carbocycles. The Hall–Kier alpha value is -1.38. The van der Waals surface area contributed by atoms with Crippen LogP contribution in [0.15, 0.2) is 48.7 Å². The monoisotopic (exact) mass is 326 g/mol. The van der Waals surface area contributed by atoms with E-state index in [1.807, 2.05) is 24.4 Å². The zero-order chi connectivity index (χ0) is 15.6. The van der Waals surface area contributed by atoms with E-state index in [0.717, 1.165) is 29.1 Å². The molecule has 2 aliphatic carbocycles. The fourth-order valence-electron chi connectivity index (χ4n) is 4.61. The minimum Gasteiger partial charge on any atom is -0.307 e. The van der Waals surface area contributed by atoms with Crippen molar-refractivity contribution < 1.29 is 0 Å². The normalized spacial score (nSPS) is 29.6. The summed E-state index contributed by atoms with van der Waals surface area (Å²) in [5, 5.41) is 4.63. The van der Waals surface area contributed by atoms with Gasteiger partial charge in [-0.15, -0.1) is 0 Å². The third kappa shape index (κ3) is 3.02. The van der Waals surface area contributed by atoms with E-state index >= 15 is 0 Å². The number of benzene rings is 1. The van der Waals surface area contributed by atoms with Gasteiger partial charge in [0.1, 0.15) is 0 Å². The summed E-state index contributed by atoms with van der Waals surface area (Å²) >= 11 is 6.07. The van der Waals surface area contributed by atoms with Crippen molar-refractivity contribution in [2.75, 3.05) is 0 Å². The van der Waals surface area contributed by atoms with E-state index in [0.29, 0.717) is 12.0 Å². The summed E-state index contributed by atoms with van der Waals surface area (Å²) in [4.78, 5) is 4.44. The van der Waals surface area contributed by atoms with Crippen molar-refractivity contribution in [2.24, 2.45) is 11.8 Å². The van der Waals surface area contributed by atoms with Crippen LogP contribution in [0.4, 0.5) is 0 Å². The van der Waals surface area contributed by atoms with Crippen LogP contribution in [0.2, 0.25) is 5.02 Å². The molecule has 1 aromatic heterocycles. The average molecular weight is 327 g/mol. The first-order valence-electron chi connectivity index (χ1n) is 8.72. The van der Waals surface area contributed by atoms with E-state index in [1.54, 1.807) is 0 Å². The van der Waals surface area contributed by atoms with Crippen molar-refractivity contribution in [1.82, 2.24) is 10.3 Å². The van der Waals surface area contributed by atoms with Crippen LogP contribution in [-0.4, -0.2) is 11.0 Å². The van der Waals surface area contributed by atoms with Crippen molar-refractivity contribution in [3.05, 3.63) is 64.9 Å². The van der Waals surface area contributed by atoms with E-state index in [1.165, 1.54) is 31.2 Å². The highest BCUT2D eigenvalue weighted by Crippen LogP contribution is 2.54. The van der Waals surface area contributed by atoms with Gasteiger partial charge in [0, 0.05) is 29.7 Å². The molecule has 23 heavy (non-hydrogen) atoms. The summed E-state index contributed by atoms with van der Waals surface area (Å²) in [5.74, 6) is 2.29. The van der Waals surface area contributed by atoms with E-state index in [9.17, 15) is 0 Å². The fourth-order valence-corrected chi connectivity index (χ4v) is 4.74. The Bertz CT molecular complexity index is 640. The third-order valence-corrected chi connectivity index (χ3v) is 5.94. The predicted octanol–water partition coefficient (Wildman–Crippen LogP) is 4.80. The van der Waals surface area contributed by atoms with Gasteiger partial charge >= 0.3 is 0 Å². The summed E-state index contributed by atoms with van der Waals surface area (Å²) in [6, 6.07) is 15.2. The van der Waals surface area contributed by atoms with E-state index in [2.05, 4.69) is 34.6 Å². The molecule has 4 atom stereocenters. The maximum atomic E-state index is 6.07. The molecule has 2 nitrogen and oxygen atoms in total. The Morgan fingerprint density at radius 1 is 1.00 bits per heavy atom. The standard InChI is InChI=1S/C20H23ClN2/c21-15-10-8-14(9-11-15)19-17-6-1-2-7-18(17)20(19)23-13-16-5-3-4-12-22-16/h3-5,8-12,17-20,23H,1-2,6-7,13H2/t17-,18+,19-,20-/m0/s1. The molecule has 0 saturated heterocycles. The Labute approximate surface area is 143 Å². The smallest absolute Gasteiger partial charge is 0.0541 e. The van der Waals surface area contributed by atoms with Crippen LogP contribution in [0.3, 0.4) is 0 Å². The molecule has 0 radical (unpaired) electrons. The molecule has 0 spiro atoms. The molecule has 1 heterocycles. The summed E-state index contributed by atoms with van der Waals surface area (Å²) < 4.78 is 0. The second kappa shape index (κ2) is 6.62. The molecule has 0 bridgehead atoms. The molecule has 3 heteroatoms. The largest absolute Gasteiger partial charge is 0.307 e. The molecule has 0 unspecified atom stereocenters. The molecular weight excluding hydrogens is 304 g/mol. The molecule has 0 aliphatic heterocycles. The van der Waals surface area contributed by atoms with Gasteiger partial charge in [0.15, 0.2) is 0 Å². The van der Waals surface area contributed by atoms with Gasteiger partial charge < -0.3 is 5.32 Å². The number of pyridine rings is 1. The first-order valence-corrected chi connectivity index (χ1v) is 9.09. The molecular formula is C20H23ClN2. The van der Waals surface area contributed by atoms with Crippen LogP contribution in [0.25, 0.3) is 0 Å². The van der Waals surface area contributed by atoms with Crippen LogP contribution >= 0.6 is 11.6 Å². The SMILES string of the molecule is Clc1ccc([C@H]2[C@H]3CCCC[C@H]3[C@@H]2NCc2ccccn2)cc1. The van der Waals surface area contributed by atoms with E-state index < -0.39 is 0 Å². The third-order valence-electron chi connectivity index (χ3n) is 5.68. The van der Waals surface area contributed by atoms with Crippen LogP contribution in [-0.2, 0) is 6.54 Å². The van der Waals surface area contributed by atoms with Gasteiger partial charge in [0.25, 0.3) is 0 Å². The maximum Gasteiger partial charge on any atom is 0.0541 e. The Morgan fingerprint density at radius 2 is 1.78 bits per heavy atom. The van der Waals surface area contributed by atoms with Crippen molar-refractivity contribution in [3.63, 3.8) is 0 Å². The zero-order valence-electron chi connectivity index (χ0n) is 13.3. The number of hydrogen-bond acceptors (Lipinski definition) is 2. The molecule has 2 aromatic rings. The lowest BCUT2D eigenvalue weighted by Crippen LogP contribution is -2.57. The van der Waals surface area contributed by atoms with Gasteiger partial charge in [-0.25, -0.2) is 0 Å². The molecule has 2 aliphatic rings. The molecule has 120 valence electrons. The van der Waals surface area contributed by atoms with Gasteiger partial charge in [-0.3, -0.25) is 4.98 Å². The Morgan fingerprint density at radius 3 is 2.52 bits per heavy atom. The van der Waals surface area contributed by atoms with Crippen LogP contribution in [0, 0.1) is 11.8 Å². The number of rotatable bonds is 4. The lowest BCUT2D eigenvalue weighted by Gasteiger charge is -2.55.